The third-order valence-electron chi connectivity index (χ3n) is 6.45. The monoisotopic (exact) mass is 493 g/mol. The minimum absolute atomic E-state index is 0.276. The van der Waals surface area contributed by atoms with Crippen molar-refractivity contribution in [1.82, 2.24) is 9.38 Å². The minimum Gasteiger partial charge on any atom is -0.481 e. The second kappa shape index (κ2) is 9.60. The van der Waals surface area contributed by atoms with Crippen LogP contribution in [0.25, 0.3) is 15.4 Å². The van der Waals surface area contributed by atoms with Crippen LogP contribution in [0.5, 0.6) is 0 Å². The zero-order chi connectivity index (χ0) is 23.7. The molecule has 0 unspecified atom stereocenters. The summed E-state index contributed by atoms with van der Waals surface area (Å²) in [5, 5.41) is 12.4. The smallest absolute Gasteiger partial charge is 0.303 e. The molecule has 0 aliphatic heterocycles. The van der Waals surface area contributed by atoms with E-state index in [1.165, 1.54) is 16.9 Å². The highest BCUT2D eigenvalue weighted by atomic mass is 35.5. The lowest BCUT2D eigenvalue weighted by Crippen LogP contribution is -2.16. The molecule has 0 saturated heterocycles. The fourth-order valence-corrected chi connectivity index (χ4v) is 5.83. The van der Waals surface area contributed by atoms with Gasteiger partial charge in [0.1, 0.15) is 5.69 Å². The summed E-state index contributed by atoms with van der Waals surface area (Å²) in [4.78, 5) is 29.8. The Morgan fingerprint density at radius 2 is 1.85 bits per heavy atom. The Labute approximate surface area is 206 Å². The van der Waals surface area contributed by atoms with Gasteiger partial charge in [0.05, 0.1) is 4.88 Å². The predicted octanol–water partition coefficient (Wildman–Crippen LogP) is 6.72. The van der Waals surface area contributed by atoms with Crippen molar-refractivity contribution in [1.29, 1.82) is 0 Å². The summed E-state index contributed by atoms with van der Waals surface area (Å²) in [5.74, 6) is -0.153. The summed E-state index contributed by atoms with van der Waals surface area (Å²) in [6, 6.07) is 15.7. The number of imidazole rings is 1. The van der Waals surface area contributed by atoms with Gasteiger partial charge in [-0.25, -0.2) is 4.98 Å². The van der Waals surface area contributed by atoms with Gasteiger partial charge in [-0.3, -0.25) is 14.0 Å². The van der Waals surface area contributed by atoms with Crippen molar-refractivity contribution in [2.24, 2.45) is 5.92 Å². The zero-order valence-corrected chi connectivity index (χ0v) is 20.0. The van der Waals surface area contributed by atoms with E-state index in [2.05, 4.69) is 34.6 Å². The van der Waals surface area contributed by atoms with Gasteiger partial charge in [0.25, 0.3) is 5.91 Å². The molecule has 5 rings (SSSR count). The van der Waals surface area contributed by atoms with Crippen LogP contribution in [0, 0.1) is 5.92 Å². The predicted molar refractivity (Wildman–Crippen MR) is 135 cm³/mol. The highest BCUT2D eigenvalue weighted by molar-refractivity contribution is 7.20. The van der Waals surface area contributed by atoms with Crippen LogP contribution < -0.4 is 5.32 Å². The molecule has 2 aromatic heterocycles. The second-order valence-corrected chi connectivity index (χ2v) is 10.3. The number of anilines is 1. The number of carbonyl (C=O) groups is 2. The molecular formula is C26H24ClN3O3S. The largest absolute Gasteiger partial charge is 0.481 e. The number of benzene rings is 2. The van der Waals surface area contributed by atoms with E-state index in [1.54, 1.807) is 30.5 Å². The standard InChI is InChI=1S/C26H24ClN3O3S/c27-20-2-1-3-21(13-20)28-25(33)22-14-30-15-23(34-26(30)29-22)19-10-8-18(9-11-19)17-6-4-16(5-7-17)12-24(31)32/h1-3,8-11,13-17H,4-7,12H2,(H,28,33)(H,31,32)/t16-,17-. The van der Waals surface area contributed by atoms with Crippen LogP contribution in [0.2, 0.25) is 5.02 Å². The first-order valence-electron chi connectivity index (χ1n) is 11.3. The SMILES string of the molecule is O=C(O)C[C@H]1CC[C@H](c2ccc(-c3cn4cc(C(=O)Nc5cccc(Cl)c5)nc4s3)cc2)CC1. The van der Waals surface area contributed by atoms with E-state index in [4.69, 9.17) is 16.7 Å². The average molecular weight is 494 g/mol. The Morgan fingerprint density at radius 1 is 1.09 bits per heavy atom. The summed E-state index contributed by atoms with van der Waals surface area (Å²) < 4.78 is 1.88. The number of nitrogens with one attached hydrogen (secondary N) is 1. The summed E-state index contributed by atoms with van der Waals surface area (Å²) in [6.45, 7) is 0. The van der Waals surface area contributed by atoms with Gasteiger partial charge in [-0.05, 0) is 66.8 Å². The second-order valence-electron chi connectivity index (χ2n) is 8.81. The molecule has 1 saturated carbocycles. The van der Waals surface area contributed by atoms with Crippen LogP contribution >= 0.6 is 22.9 Å². The van der Waals surface area contributed by atoms with E-state index < -0.39 is 5.97 Å². The minimum atomic E-state index is -0.691. The molecule has 0 bridgehead atoms. The van der Waals surface area contributed by atoms with Gasteiger partial charge in [-0.15, -0.1) is 0 Å². The number of thiazole rings is 1. The summed E-state index contributed by atoms with van der Waals surface area (Å²) in [5.41, 5.74) is 3.42. The fourth-order valence-electron chi connectivity index (χ4n) is 4.67. The van der Waals surface area contributed by atoms with Crippen molar-refractivity contribution in [2.45, 2.75) is 38.0 Å². The van der Waals surface area contributed by atoms with Crippen LogP contribution in [-0.2, 0) is 4.79 Å². The van der Waals surface area contributed by atoms with Gasteiger partial charge in [0.15, 0.2) is 4.96 Å². The van der Waals surface area contributed by atoms with E-state index in [0.717, 1.165) is 41.1 Å². The third kappa shape index (κ3) is 5.00. The van der Waals surface area contributed by atoms with Crippen LogP contribution in [-0.4, -0.2) is 26.4 Å². The van der Waals surface area contributed by atoms with Gasteiger partial charge < -0.3 is 10.4 Å². The van der Waals surface area contributed by atoms with Crippen LogP contribution in [0.1, 0.15) is 54.1 Å². The van der Waals surface area contributed by atoms with Crippen molar-refractivity contribution < 1.29 is 14.7 Å². The summed E-state index contributed by atoms with van der Waals surface area (Å²) >= 11 is 7.52. The van der Waals surface area contributed by atoms with Gasteiger partial charge in [0, 0.05) is 29.5 Å². The Bertz CT molecular complexity index is 1310. The normalized spacial score (nSPS) is 18.1. The molecule has 0 atom stereocenters. The fraction of sp³-hybridized carbons (Fsp3) is 0.269. The molecule has 174 valence electrons. The summed E-state index contributed by atoms with van der Waals surface area (Å²) in [7, 11) is 0. The number of rotatable bonds is 6. The molecule has 34 heavy (non-hydrogen) atoms. The lowest BCUT2D eigenvalue weighted by atomic mass is 9.77. The molecule has 1 fully saturated rings. The molecule has 8 heteroatoms. The lowest BCUT2D eigenvalue weighted by Gasteiger charge is -2.28. The maximum atomic E-state index is 12.6. The number of fused-ring (bicyclic) bond motifs is 1. The van der Waals surface area contributed by atoms with Crippen molar-refractivity contribution in [3.63, 3.8) is 0 Å². The van der Waals surface area contributed by atoms with Gasteiger partial charge in [-0.2, -0.15) is 0 Å². The Hall–Kier alpha value is -3.16. The molecule has 4 aromatic rings. The number of amides is 1. The first kappa shape index (κ1) is 22.6. The molecule has 1 amide bonds. The number of carboxylic acid groups (broad SMARTS) is 1. The molecule has 0 radical (unpaired) electrons. The van der Waals surface area contributed by atoms with E-state index in [9.17, 15) is 9.59 Å². The number of nitrogens with zero attached hydrogens (tertiary/aromatic N) is 2. The van der Waals surface area contributed by atoms with Crippen molar-refractivity contribution in [2.75, 3.05) is 5.32 Å². The van der Waals surface area contributed by atoms with Gasteiger partial charge in [-0.1, -0.05) is 53.3 Å². The van der Waals surface area contributed by atoms with Gasteiger partial charge >= 0.3 is 5.97 Å². The van der Waals surface area contributed by atoms with E-state index >= 15 is 0 Å². The van der Waals surface area contributed by atoms with E-state index in [1.807, 2.05) is 10.6 Å². The maximum Gasteiger partial charge on any atom is 0.303 e. The average Bonchev–Trinajstić information content (AvgIpc) is 3.39. The molecule has 2 heterocycles. The number of hydrogen-bond donors (Lipinski definition) is 2. The Balaban J connectivity index is 1.25. The van der Waals surface area contributed by atoms with Crippen LogP contribution in [0.3, 0.4) is 0 Å². The number of aromatic nitrogens is 2. The molecule has 6 nitrogen and oxygen atoms in total. The molecular weight excluding hydrogens is 470 g/mol. The number of carboxylic acids is 1. The van der Waals surface area contributed by atoms with Crippen LogP contribution in [0.15, 0.2) is 60.9 Å². The first-order valence-corrected chi connectivity index (χ1v) is 12.5. The maximum absolute atomic E-state index is 12.6. The molecule has 1 aliphatic carbocycles. The highest BCUT2D eigenvalue weighted by Gasteiger charge is 2.24. The Kier molecular flexibility index (Phi) is 6.39. The lowest BCUT2D eigenvalue weighted by molar-refractivity contribution is -0.138. The number of halogens is 1. The highest BCUT2D eigenvalue weighted by Crippen LogP contribution is 2.38. The van der Waals surface area contributed by atoms with Crippen LogP contribution in [0.4, 0.5) is 5.69 Å². The zero-order valence-electron chi connectivity index (χ0n) is 18.4. The topological polar surface area (TPSA) is 83.7 Å². The van der Waals surface area contributed by atoms with E-state index in [-0.39, 0.29) is 12.3 Å². The quantitative estimate of drug-likeness (QED) is 0.312. The van der Waals surface area contributed by atoms with Crippen molar-refractivity contribution in [3.8, 4) is 10.4 Å². The van der Waals surface area contributed by atoms with Crippen molar-refractivity contribution in [3.05, 3.63) is 77.2 Å². The summed E-state index contributed by atoms with van der Waals surface area (Å²) in [6.07, 6.45) is 8.07. The van der Waals surface area contributed by atoms with Gasteiger partial charge in [0.2, 0.25) is 0 Å². The Morgan fingerprint density at radius 3 is 2.53 bits per heavy atom. The number of hydrogen-bond acceptors (Lipinski definition) is 4. The van der Waals surface area contributed by atoms with Crippen molar-refractivity contribution >= 4 is 45.5 Å². The number of carbonyl (C=O) groups excluding carboxylic acids is 1. The first-order chi connectivity index (χ1) is 16.4. The molecule has 2 N–H and O–H groups in total. The molecule has 0 spiro atoms. The molecule has 2 aromatic carbocycles. The molecule has 1 aliphatic rings. The number of aliphatic carboxylic acids is 1. The third-order valence-corrected chi connectivity index (χ3v) is 7.73. The van der Waals surface area contributed by atoms with E-state index in [0.29, 0.717) is 28.2 Å².